The minimum Gasteiger partial charge on any atom is -0.353 e. The van der Waals surface area contributed by atoms with Crippen LogP contribution < -0.4 is 10.6 Å². The second-order valence-electron chi connectivity index (χ2n) is 6.06. The van der Waals surface area contributed by atoms with Gasteiger partial charge in [-0.05, 0) is 37.3 Å². The number of carbonyl (C=O) groups is 1. The SMILES string of the molecule is CC(CC(=O)NC1CCNCC1)C(C)(C)C. The highest BCUT2D eigenvalue weighted by atomic mass is 16.1. The Hall–Kier alpha value is -0.570. The lowest BCUT2D eigenvalue weighted by atomic mass is 9.80. The van der Waals surface area contributed by atoms with Gasteiger partial charge >= 0.3 is 0 Å². The monoisotopic (exact) mass is 226 g/mol. The van der Waals surface area contributed by atoms with Crippen LogP contribution in [0.2, 0.25) is 0 Å². The second kappa shape index (κ2) is 5.67. The molecule has 1 unspecified atom stereocenters. The summed E-state index contributed by atoms with van der Waals surface area (Å²) >= 11 is 0. The second-order valence-corrected chi connectivity index (χ2v) is 6.06. The zero-order valence-corrected chi connectivity index (χ0v) is 11.1. The Morgan fingerprint density at radius 2 is 1.94 bits per heavy atom. The zero-order chi connectivity index (χ0) is 12.2. The van der Waals surface area contributed by atoms with E-state index in [-0.39, 0.29) is 11.3 Å². The first-order valence-electron chi connectivity index (χ1n) is 6.39. The van der Waals surface area contributed by atoms with Gasteiger partial charge in [0, 0.05) is 12.5 Å². The molecule has 0 bridgehead atoms. The first kappa shape index (κ1) is 13.5. The molecule has 1 fully saturated rings. The molecule has 0 aliphatic carbocycles. The number of hydrogen-bond acceptors (Lipinski definition) is 2. The predicted octanol–water partition coefficient (Wildman–Crippen LogP) is 1.93. The molecular weight excluding hydrogens is 200 g/mol. The van der Waals surface area contributed by atoms with E-state index in [1.54, 1.807) is 0 Å². The van der Waals surface area contributed by atoms with Crippen LogP contribution in [0.15, 0.2) is 0 Å². The van der Waals surface area contributed by atoms with E-state index in [2.05, 4.69) is 38.3 Å². The Morgan fingerprint density at radius 3 is 2.44 bits per heavy atom. The fraction of sp³-hybridized carbons (Fsp3) is 0.923. The molecule has 2 N–H and O–H groups in total. The van der Waals surface area contributed by atoms with Crippen molar-refractivity contribution in [3.63, 3.8) is 0 Å². The smallest absolute Gasteiger partial charge is 0.220 e. The van der Waals surface area contributed by atoms with Crippen molar-refractivity contribution in [2.75, 3.05) is 13.1 Å². The third-order valence-corrected chi connectivity index (χ3v) is 3.67. The maximum atomic E-state index is 11.8. The lowest BCUT2D eigenvalue weighted by Crippen LogP contribution is -2.43. The first-order valence-corrected chi connectivity index (χ1v) is 6.39. The fourth-order valence-corrected chi connectivity index (χ4v) is 1.84. The Kier molecular flexibility index (Phi) is 4.78. The van der Waals surface area contributed by atoms with Crippen LogP contribution >= 0.6 is 0 Å². The first-order chi connectivity index (χ1) is 7.39. The lowest BCUT2D eigenvalue weighted by molar-refractivity contribution is -0.123. The highest BCUT2D eigenvalue weighted by Crippen LogP contribution is 2.27. The molecule has 1 aliphatic rings. The van der Waals surface area contributed by atoms with E-state index in [0.29, 0.717) is 18.4 Å². The summed E-state index contributed by atoms with van der Waals surface area (Å²) in [5, 5.41) is 6.44. The van der Waals surface area contributed by atoms with E-state index < -0.39 is 0 Å². The number of hydrogen-bond donors (Lipinski definition) is 2. The van der Waals surface area contributed by atoms with Gasteiger partial charge in [0.05, 0.1) is 0 Å². The molecule has 1 amide bonds. The van der Waals surface area contributed by atoms with Crippen molar-refractivity contribution in [3.05, 3.63) is 0 Å². The molecule has 3 nitrogen and oxygen atoms in total. The van der Waals surface area contributed by atoms with Crippen LogP contribution in [0, 0.1) is 11.3 Å². The molecule has 1 aliphatic heterocycles. The maximum absolute atomic E-state index is 11.8. The van der Waals surface area contributed by atoms with Gasteiger partial charge < -0.3 is 10.6 Å². The normalized spacial score (nSPS) is 20.5. The van der Waals surface area contributed by atoms with Gasteiger partial charge in [0.25, 0.3) is 0 Å². The van der Waals surface area contributed by atoms with Crippen molar-refractivity contribution in [3.8, 4) is 0 Å². The highest BCUT2D eigenvalue weighted by Gasteiger charge is 2.23. The summed E-state index contributed by atoms with van der Waals surface area (Å²) in [6, 6.07) is 0.390. The van der Waals surface area contributed by atoms with E-state index in [4.69, 9.17) is 0 Å². The molecule has 16 heavy (non-hydrogen) atoms. The summed E-state index contributed by atoms with van der Waals surface area (Å²) in [7, 11) is 0. The molecule has 0 saturated carbocycles. The molecule has 94 valence electrons. The molecule has 0 radical (unpaired) electrons. The van der Waals surface area contributed by atoms with Crippen molar-refractivity contribution < 1.29 is 4.79 Å². The van der Waals surface area contributed by atoms with Crippen LogP contribution in [-0.2, 0) is 4.79 Å². The largest absolute Gasteiger partial charge is 0.353 e. The van der Waals surface area contributed by atoms with Gasteiger partial charge in [-0.15, -0.1) is 0 Å². The van der Waals surface area contributed by atoms with Crippen molar-refractivity contribution in [2.24, 2.45) is 11.3 Å². The molecule has 0 aromatic heterocycles. The van der Waals surface area contributed by atoms with Gasteiger partial charge in [0.15, 0.2) is 0 Å². The van der Waals surface area contributed by atoms with Crippen LogP contribution in [-0.4, -0.2) is 25.0 Å². The van der Waals surface area contributed by atoms with E-state index in [1.165, 1.54) is 0 Å². The third-order valence-electron chi connectivity index (χ3n) is 3.67. The minimum atomic E-state index is 0.214. The standard InChI is InChI=1S/C13H26N2O/c1-10(13(2,3)4)9-12(16)15-11-5-7-14-8-6-11/h10-11,14H,5-9H2,1-4H3,(H,15,16). The number of rotatable bonds is 3. The van der Waals surface area contributed by atoms with E-state index >= 15 is 0 Å². The van der Waals surface area contributed by atoms with Gasteiger partial charge in [-0.2, -0.15) is 0 Å². The number of amides is 1. The summed E-state index contributed by atoms with van der Waals surface area (Å²) in [4.78, 5) is 11.8. The zero-order valence-electron chi connectivity index (χ0n) is 11.1. The molecule has 0 aromatic rings. The average molecular weight is 226 g/mol. The summed E-state index contributed by atoms with van der Waals surface area (Å²) in [5.41, 5.74) is 0.214. The van der Waals surface area contributed by atoms with Crippen LogP contribution in [0.3, 0.4) is 0 Å². The molecular formula is C13H26N2O. The minimum absolute atomic E-state index is 0.214. The Balaban J connectivity index is 2.29. The Labute approximate surface area is 99.4 Å². The van der Waals surface area contributed by atoms with Crippen molar-refractivity contribution in [2.45, 2.75) is 53.0 Å². The Bertz CT molecular complexity index is 227. The van der Waals surface area contributed by atoms with Crippen molar-refractivity contribution in [1.29, 1.82) is 0 Å². The van der Waals surface area contributed by atoms with Crippen LogP contribution in [0.25, 0.3) is 0 Å². The summed E-state index contributed by atoms with van der Waals surface area (Å²) < 4.78 is 0. The molecule has 3 heteroatoms. The fourth-order valence-electron chi connectivity index (χ4n) is 1.84. The number of piperidine rings is 1. The van der Waals surface area contributed by atoms with Gasteiger partial charge in [0.1, 0.15) is 0 Å². The molecule has 1 atom stereocenters. The van der Waals surface area contributed by atoms with Crippen LogP contribution in [0.4, 0.5) is 0 Å². The lowest BCUT2D eigenvalue weighted by Gasteiger charge is -2.28. The summed E-state index contributed by atoms with van der Waals surface area (Å²) in [6.07, 6.45) is 2.78. The van der Waals surface area contributed by atoms with Gasteiger partial charge in [0.2, 0.25) is 5.91 Å². The summed E-state index contributed by atoms with van der Waals surface area (Å²) in [5.74, 6) is 0.642. The number of carbonyl (C=O) groups excluding carboxylic acids is 1. The average Bonchev–Trinajstić information content (AvgIpc) is 2.17. The molecule has 1 rings (SSSR count). The molecule has 1 heterocycles. The van der Waals surface area contributed by atoms with Crippen molar-refractivity contribution in [1.82, 2.24) is 10.6 Å². The highest BCUT2D eigenvalue weighted by molar-refractivity contribution is 5.76. The summed E-state index contributed by atoms with van der Waals surface area (Å²) in [6.45, 7) is 10.8. The van der Waals surface area contributed by atoms with Gasteiger partial charge in [-0.3, -0.25) is 4.79 Å². The molecule has 0 spiro atoms. The molecule has 0 aromatic carbocycles. The van der Waals surface area contributed by atoms with Gasteiger partial charge in [-0.25, -0.2) is 0 Å². The van der Waals surface area contributed by atoms with Crippen LogP contribution in [0.1, 0.15) is 47.0 Å². The number of nitrogens with one attached hydrogen (secondary N) is 2. The molecule has 1 saturated heterocycles. The maximum Gasteiger partial charge on any atom is 0.220 e. The quantitative estimate of drug-likeness (QED) is 0.772. The van der Waals surface area contributed by atoms with E-state index in [9.17, 15) is 4.79 Å². The van der Waals surface area contributed by atoms with Gasteiger partial charge in [-0.1, -0.05) is 27.7 Å². The van der Waals surface area contributed by atoms with Crippen LogP contribution in [0.5, 0.6) is 0 Å². The van der Waals surface area contributed by atoms with E-state index in [1.807, 2.05) is 0 Å². The topological polar surface area (TPSA) is 41.1 Å². The van der Waals surface area contributed by atoms with Crippen molar-refractivity contribution >= 4 is 5.91 Å². The third kappa shape index (κ3) is 4.52. The van der Waals surface area contributed by atoms with E-state index in [0.717, 1.165) is 25.9 Å². The Morgan fingerprint density at radius 1 is 1.38 bits per heavy atom. The predicted molar refractivity (Wildman–Crippen MR) is 67.3 cm³/mol.